The van der Waals surface area contributed by atoms with Gasteiger partial charge in [-0.3, -0.25) is 9.82 Å². The lowest BCUT2D eigenvalue weighted by atomic mass is 10.0. The van der Waals surface area contributed by atoms with Crippen molar-refractivity contribution in [2.45, 2.75) is 31.6 Å². The molecule has 6 heteroatoms. The number of nitrogens with zero attached hydrogens (tertiary/aromatic N) is 1. The average Bonchev–Trinajstić information content (AvgIpc) is 2.76. The van der Waals surface area contributed by atoms with Crippen LogP contribution in [0, 0.1) is 6.92 Å². The molecule has 0 unspecified atom stereocenters. The molecule has 1 heterocycles. The molecule has 0 radical (unpaired) electrons. The van der Waals surface area contributed by atoms with Crippen LogP contribution in [0.4, 0.5) is 5.69 Å². The molecule has 0 atom stereocenters. The minimum atomic E-state index is -3.60. The van der Waals surface area contributed by atoms with Crippen molar-refractivity contribution < 1.29 is 8.42 Å². The van der Waals surface area contributed by atoms with Crippen LogP contribution in [0.5, 0.6) is 0 Å². The van der Waals surface area contributed by atoms with E-state index in [1.807, 2.05) is 32.0 Å². The molecular formula is C13H17N3O2S. The summed E-state index contributed by atoms with van der Waals surface area (Å²) < 4.78 is 27.2. The van der Waals surface area contributed by atoms with Gasteiger partial charge in [0, 0.05) is 0 Å². The number of H-pyrrole nitrogens is 1. The van der Waals surface area contributed by atoms with Crippen molar-refractivity contribution >= 4 is 15.7 Å². The third-order valence-corrected chi connectivity index (χ3v) is 4.38. The van der Waals surface area contributed by atoms with Crippen molar-refractivity contribution in [2.24, 2.45) is 0 Å². The van der Waals surface area contributed by atoms with Gasteiger partial charge < -0.3 is 0 Å². The summed E-state index contributed by atoms with van der Waals surface area (Å²) in [6, 6.07) is 7.40. The Kier molecular flexibility index (Phi) is 3.61. The molecule has 0 spiro atoms. The summed E-state index contributed by atoms with van der Waals surface area (Å²) in [4.78, 5) is 0.172. The number of aromatic amines is 1. The summed E-state index contributed by atoms with van der Waals surface area (Å²) in [5, 5.41) is 6.37. The number of hydrogen-bond acceptors (Lipinski definition) is 3. The number of benzene rings is 1. The molecule has 0 fully saturated rings. The fraction of sp³-hybridized carbons (Fsp3) is 0.308. The van der Waals surface area contributed by atoms with Crippen LogP contribution in [0.1, 0.15) is 31.0 Å². The van der Waals surface area contributed by atoms with Gasteiger partial charge in [0.25, 0.3) is 10.0 Å². The molecule has 1 aromatic carbocycles. The molecule has 1 aromatic heterocycles. The first-order valence-corrected chi connectivity index (χ1v) is 7.52. The van der Waals surface area contributed by atoms with Crippen LogP contribution in [0.2, 0.25) is 0 Å². The van der Waals surface area contributed by atoms with Crippen molar-refractivity contribution in [3.8, 4) is 0 Å². The molecule has 2 rings (SSSR count). The van der Waals surface area contributed by atoms with Crippen molar-refractivity contribution in [1.29, 1.82) is 0 Å². The van der Waals surface area contributed by atoms with Gasteiger partial charge in [0.05, 0.1) is 17.6 Å². The Hall–Kier alpha value is -1.82. The van der Waals surface area contributed by atoms with Crippen molar-refractivity contribution in [3.05, 3.63) is 41.7 Å². The Bertz CT molecular complexity index is 675. The van der Waals surface area contributed by atoms with Gasteiger partial charge in [0.15, 0.2) is 0 Å². The summed E-state index contributed by atoms with van der Waals surface area (Å²) in [5.74, 6) is 0.240. The van der Waals surface area contributed by atoms with Gasteiger partial charge in [-0.25, -0.2) is 8.42 Å². The summed E-state index contributed by atoms with van der Waals surface area (Å²) in [6.45, 7) is 5.72. The van der Waals surface area contributed by atoms with E-state index < -0.39 is 10.0 Å². The molecule has 0 aliphatic heterocycles. The molecule has 5 nitrogen and oxygen atoms in total. The van der Waals surface area contributed by atoms with E-state index in [1.165, 1.54) is 6.20 Å². The van der Waals surface area contributed by atoms with E-state index in [0.717, 1.165) is 5.56 Å². The lowest BCUT2D eigenvalue weighted by molar-refractivity contribution is 0.600. The smallest absolute Gasteiger partial charge is 0.265 e. The lowest BCUT2D eigenvalue weighted by Gasteiger charge is -2.14. The Morgan fingerprint density at radius 2 is 1.95 bits per heavy atom. The quantitative estimate of drug-likeness (QED) is 0.903. The predicted octanol–water partition coefficient (Wildman–Crippen LogP) is 2.64. The SMILES string of the molecule is Cc1[nH]ncc1S(=O)(=O)Nc1ccccc1C(C)C. The van der Waals surface area contributed by atoms with E-state index >= 15 is 0 Å². The molecule has 102 valence electrons. The summed E-state index contributed by atoms with van der Waals surface area (Å²) in [5.41, 5.74) is 2.10. The summed E-state index contributed by atoms with van der Waals surface area (Å²) in [7, 11) is -3.60. The zero-order chi connectivity index (χ0) is 14.0. The highest BCUT2D eigenvalue weighted by molar-refractivity contribution is 7.92. The zero-order valence-corrected chi connectivity index (χ0v) is 12.0. The number of aromatic nitrogens is 2. The standard InChI is InChI=1S/C13H17N3O2S/c1-9(2)11-6-4-5-7-12(11)16-19(17,18)13-8-14-15-10(13)3/h4-9,16H,1-3H3,(H,14,15). The number of nitrogens with one attached hydrogen (secondary N) is 2. The third kappa shape index (κ3) is 2.78. The summed E-state index contributed by atoms with van der Waals surface area (Å²) >= 11 is 0. The Morgan fingerprint density at radius 3 is 2.53 bits per heavy atom. The third-order valence-electron chi connectivity index (χ3n) is 2.90. The van der Waals surface area contributed by atoms with E-state index in [9.17, 15) is 8.42 Å². The molecule has 0 aliphatic rings. The van der Waals surface area contributed by atoms with Crippen molar-refractivity contribution in [2.75, 3.05) is 4.72 Å². The average molecular weight is 279 g/mol. The molecule has 2 N–H and O–H groups in total. The first-order valence-electron chi connectivity index (χ1n) is 6.03. The van der Waals surface area contributed by atoms with Crippen LogP contribution in [-0.2, 0) is 10.0 Å². The van der Waals surface area contributed by atoms with Crippen molar-refractivity contribution in [3.63, 3.8) is 0 Å². The van der Waals surface area contributed by atoms with Gasteiger partial charge in [0.1, 0.15) is 4.90 Å². The van der Waals surface area contributed by atoms with Gasteiger partial charge in [0.2, 0.25) is 0 Å². The Labute approximate surface area is 113 Å². The maximum absolute atomic E-state index is 12.3. The van der Waals surface area contributed by atoms with E-state index in [0.29, 0.717) is 11.4 Å². The molecule has 0 bridgehead atoms. The van der Waals surface area contributed by atoms with E-state index in [4.69, 9.17) is 0 Å². The van der Waals surface area contributed by atoms with Crippen LogP contribution in [0.3, 0.4) is 0 Å². The van der Waals surface area contributed by atoms with Gasteiger partial charge in [-0.15, -0.1) is 0 Å². The van der Waals surface area contributed by atoms with Crippen LogP contribution in [0.15, 0.2) is 35.4 Å². The molecule has 19 heavy (non-hydrogen) atoms. The maximum Gasteiger partial charge on any atom is 0.265 e. The zero-order valence-electron chi connectivity index (χ0n) is 11.1. The summed E-state index contributed by atoms with van der Waals surface area (Å²) in [6.07, 6.45) is 1.32. The van der Waals surface area contributed by atoms with Gasteiger partial charge in [-0.1, -0.05) is 32.0 Å². The van der Waals surface area contributed by atoms with E-state index in [1.54, 1.807) is 13.0 Å². The molecule has 2 aromatic rings. The first-order chi connectivity index (χ1) is 8.92. The normalized spacial score (nSPS) is 11.8. The van der Waals surface area contributed by atoms with Crippen molar-refractivity contribution in [1.82, 2.24) is 10.2 Å². The predicted molar refractivity (Wildman–Crippen MR) is 74.7 cm³/mol. The van der Waals surface area contributed by atoms with Gasteiger partial charge in [-0.05, 0) is 24.5 Å². The number of anilines is 1. The van der Waals surface area contributed by atoms with Crippen LogP contribution in [-0.4, -0.2) is 18.6 Å². The van der Waals surface area contributed by atoms with Gasteiger partial charge >= 0.3 is 0 Å². The molecule has 0 saturated heterocycles. The lowest BCUT2D eigenvalue weighted by Crippen LogP contribution is -2.15. The molecule has 0 aliphatic carbocycles. The fourth-order valence-electron chi connectivity index (χ4n) is 1.90. The molecule has 0 amide bonds. The fourth-order valence-corrected chi connectivity index (χ4v) is 3.13. The van der Waals surface area contributed by atoms with E-state index in [-0.39, 0.29) is 10.8 Å². The van der Waals surface area contributed by atoms with Crippen LogP contribution in [0.25, 0.3) is 0 Å². The first kappa shape index (κ1) is 13.6. The second-order valence-electron chi connectivity index (χ2n) is 4.71. The monoisotopic (exact) mass is 279 g/mol. The Balaban J connectivity index is 2.39. The highest BCUT2D eigenvalue weighted by Crippen LogP contribution is 2.26. The highest BCUT2D eigenvalue weighted by atomic mass is 32.2. The van der Waals surface area contributed by atoms with E-state index in [2.05, 4.69) is 14.9 Å². The number of aryl methyl sites for hydroxylation is 1. The van der Waals surface area contributed by atoms with Crippen LogP contribution >= 0.6 is 0 Å². The van der Waals surface area contributed by atoms with Crippen LogP contribution < -0.4 is 4.72 Å². The topological polar surface area (TPSA) is 74.8 Å². The molecule has 0 saturated carbocycles. The second kappa shape index (κ2) is 5.05. The Morgan fingerprint density at radius 1 is 1.26 bits per heavy atom. The molecular weight excluding hydrogens is 262 g/mol. The number of para-hydroxylation sites is 1. The minimum Gasteiger partial charge on any atom is -0.281 e. The number of hydrogen-bond donors (Lipinski definition) is 2. The van der Waals surface area contributed by atoms with Gasteiger partial charge in [-0.2, -0.15) is 5.10 Å². The highest BCUT2D eigenvalue weighted by Gasteiger charge is 2.20. The minimum absolute atomic E-state index is 0.172. The maximum atomic E-state index is 12.3. The largest absolute Gasteiger partial charge is 0.281 e. The number of rotatable bonds is 4. The second-order valence-corrected chi connectivity index (χ2v) is 6.36. The number of sulfonamides is 1.